The Kier molecular flexibility index (Phi) is 3.56. The topological polar surface area (TPSA) is 35.0 Å². The zero-order valence-corrected chi connectivity index (χ0v) is 11.6. The molecular formula is C11H8Br2N2O. The highest BCUT2D eigenvalue weighted by Crippen LogP contribution is 2.24. The Morgan fingerprint density at radius 2 is 1.94 bits per heavy atom. The monoisotopic (exact) mass is 342 g/mol. The zero-order valence-electron chi connectivity index (χ0n) is 8.45. The van der Waals surface area contributed by atoms with Crippen molar-refractivity contribution in [3.8, 4) is 11.6 Å². The van der Waals surface area contributed by atoms with Gasteiger partial charge in [0, 0.05) is 27.4 Å². The fraction of sp³-hybridized carbons (Fsp3) is 0.0909. The minimum absolute atomic E-state index is 0.556. The molecule has 82 valence electrons. The Morgan fingerprint density at radius 1 is 1.12 bits per heavy atom. The van der Waals surface area contributed by atoms with Crippen LogP contribution < -0.4 is 4.74 Å². The minimum Gasteiger partial charge on any atom is -0.437 e. The van der Waals surface area contributed by atoms with Gasteiger partial charge in [-0.25, -0.2) is 4.98 Å². The molecule has 2 heterocycles. The molecule has 0 saturated carbocycles. The van der Waals surface area contributed by atoms with E-state index in [4.69, 9.17) is 4.74 Å². The summed E-state index contributed by atoms with van der Waals surface area (Å²) in [5.41, 5.74) is 1.08. The summed E-state index contributed by atoms with van der Waals surface area (Å²) in [7, 11) is 0. The molecule has 3 nitrogen and oxygen atoms in total. The maximum atomic E-state index is 5.57. The Balaban J connectivity index is 2.24. The Bertz CT molecular complexity index is 517. The van der Waals surface area contributed by atoms with E-state index in [1.807, 2.05) is 19.1 Å². The second-order valence-electron chi connectivity index (χ2n) is 3.21. The summed E-state index contributed by atoms with van der Waals surface area (Å²) in [5.74, 6) is 1.21. The third kappa shape index (κ3) is 2.80. The number of nitrogens with zero attached hydrogens (tertiary/aromatic N) is 2. The number of aryl methyl sites for hydroxylation is 1. The number of aromatic nitrogens is 2. The second-order valence-corrected chi connectivity index (χ2v) is 4.98. The summed E-state index contributed by atoms with van der Waals surface area (Å²) in [6.07, 6.45) is 5.06. The summed E-state index contributed by atoms with van der Waals surface area (Å²) in [6.45, 7) is 1.98. The molecule has 0 bridgehead atoms. The summed E-state index contributed by atoms with van der Waals surface area (Å²) in [5, 5.41) is 0. The number of rotatable bonds is 2. The first kappa shape index (κ1) is 11.5. The fourth-order valence-electron chi connectivity index (χ4n) is 1.14. The van der Waals surface area contributed by atoms with Gasteiger partial charge in [-0.1, -0.05) is 0 Å². The lowest BCUT2D eigenvalue weighted by atomic mass is 10.3. The third-order valence-electron chi connectivity index (χ3n) is 1.92. The number of hydrogen-bond donors (Lipinski definition) is 0. The van der Waals surface area contributed by atoms with Crippen LogP contribution in [-0.2, 0) is 0 Å². The number of pyridine rings is 2. The van der Waals surface area contributed by atoms with Crippen LogP contribution in [0.25, 0.3) is 0 Å². The molecule has 0 aromatic carbocycles. The number of hydrogen-bond acceptors (Lipinski definition) is 3. The summed E-state index contributed by atoms with van der Waals surface area (Å²) >= 11 is 6.72. The van der Waals surface area contributed by atoms with Crippen molar-refractivity contribution in [2.24, 2.45) is 0 Å². The summed E-state index contributed by atoms with van der Waals surface area (Å²) in [4.78, 5) is 8.16. The van der Waals surface area contributed by atoms with Crippen LogP contribution in [0.3, 0.4) is 0 Å². The van der Waals surface area contributed by atoms with E-state index in [1.165, 1.54) is 0 Å². The zero-order chi connectivity index (χ0) is 11.5. The Hall–Kier alpha value is -0.940. The van der Waals surface area contributed by atoms with Crippen LogP contribution in [0.15, 0.2) is 39.7 Å². The van der Waals surface area contributed by atoms with Gasteiger partial charge in [-0.15, -0.1) is 0 Å². The first-order valence-corrected chi connectivity index (χ1v) is 6.14. The first-order valence-electron chi connectivity index (χ1n) is 4.56. The molecule has 2 aromatic heterocycles. The predicted molar refractivity (Wildman–Crippen MR) is 68.7 cm³/mol. The van der Waals surface area contributed by atoms with Crippen molar-refractivity contribution < 1.29 is 4.74 Å². The van der Waals surface area contributed by atoms with E-state index >= 15 is 0 Å². The number of ether oxygens (including phenoxy) is 1. The van der Waals surface area contributed by atoms with Gasteiger partial charge in [0.05, 0.1) is 6.20 Å². The van der Waals surface area contributed by atoms with Crippen molar-refractivity contribution in [1.29, 1.82) is 0 Å². The van der Waals surface area contributed by atoms with Crippen LogP contribution in [-0.4, -0.2) is 9.97 Å². The normalized spacial score (nSPS) is 10.2. The third-order valence-corrected chi connectivity index (χ3v) is 3.19. The van der Waals surface area contributed by atoms with Gasteiger partial charge in [0.2, 0.25) is 5.88 Å². The van der Waals surface area contributed by atoms with Gasteiger partial charge in [0.1, 0.15) is 5.75 Å². The van der Waals surface area contributed by atoms with E-state index < -0.39 is 0 Å². The molecule has 2 aromatic rings. The van der Waals surface area contributed by atoms with E-state index in [0.29, 0.717) is 11.6 Å². The average molecular weight is 344 g/mol. The standard InChI is InChI=1S/C11H8Br2N2O/c1-7-2-11(15-6-10(7)13)16-9-3-8(12)4-14-5-9/h2-6H,1H3. The average Bonchev–Trinajstić information content (AvgIpc) is 2.24. The highest BCUT2D eigenvalue weighted by atomic mass is 79.9. The SMILES string of the molecule is Cc1cc(Oc2cncc(Br)c2)ncc1Br. The van der Waals surface area contributed by atoms with Gasteiger partial charge < -0.3 is 4.74 Å². The smallest absolute Gasteiger partial charge is 0.219 e. The highest BCUT2D eigenvalue weighted by Gasteiger charge is 2.02. The summed E-state index contributed by atoms with van der Waals surface area (Å²) in [6, 6.07) is 3.71. The molecule has 0 fully saturated rings. The van der Waals surface area contributed by atoms with E-state index in [0.717, 1.165) is 14.5 Å². The minimum atomic E-state index is 0.556. The van der Waals surface area contributed by atoms with Crippen LogP contribution in [0, 0.1) is 6.92 Å². The van der Waals surface area contributed by atoms with E-state index in [9.17, 15) is 0 Å². The van der Waals surface area contributed by atoms with Crippen LogP contribution in [0.4, 0.5) is 0 Å². The largest absolute Gasteiger partial charge is 0.437 e. The van der Waals surface area contributed by atoms with Crippen LogP contribution in [0.1, 0.15) is 5.56 Å². The molecule has 0 aliphatic heterocycles. The predicted octanol–water partition coefficient (Wildman–Crippen LogP) is 4.10. The molecule has 0 N–H and O–H groups in total. The molecule has 0 aliphatic carbocycles. The quantitative estimate of drug-likeness (QED) is 0.823. The van der Waals surface area contributed by atoms with Gasteiger partial charge >= 0.3 is 0 Å². The van der Waals surface area contributed by atoms with Crippen molar-refractivity contribution >= 4 is 31.9 Å². The lowest BCUT2D eigenvalue weighted by molar-refractivity contribution is 0.459. The maximum Gasteiger partial charge on any atom is 0.219 e. The molecule has 5 heteroatoms. The molecule has 16 heavy (non-hydrogen) atoms. The van der Waals surface area contributed by atoms with Crippen LogP contribution in [0.2, 0.25) is 0 Å². The van der Waals surface area contributed by atoms with Crippen molar-refractivity contribution in [2.75, 3.05) is 0 Å². The van der Waals surface area contributed by atoms with E-state index in [-0.39, 0.29) is 0 Å². The number of halogens is 2. The van der Waals surface area contributed by atoms with E-state index in [2.05, 4.69) is 41.8 Å². The molecule has 0 aliphatic rings. The lowest BCUT2D eigenvalue weighted by Crippen LogP contribution is -1.89. The molecule has 0 unspecified atom stereocenters. The lowest BCUT2D eigenvalue weighted by Gasteiger charge is -2.05. The fourth-order valence-corrected chi connectivity index (χ4v) is 1.70. The highest BCUT2D eigenvalue weighted by molar-refractivity contribution is 9.10. The molecular weight excluding hydrogens is 336 g/mol. The van der Waals surface area contributed by atoms with Gasteiger partial charge in [-0.3, -0.25) is 4.98 Å². The van der Waals surface area contributed by atoms with Gasteiger partial charge in [-0.05, 0) is 50.4 Å². The van der Waals surface area contributed by atoms with Crippen LogP contribution >= 0.6 is 31.9 Å². The van der Waals surface area contributed by atoms with Gasteiger partial charge in [-0.2, -0.15) is 0 Å². The van der Waals surface area contributed by atoms with Crippen molar-refractivity contribution in [3.63, 3.8) is 0 Å². The molecule has 0 spiro atoms. The van der Waals surface area contributed by atoms with Crippen molar-refractivity contribution in [3.05, 3.63) is 45.2 Å². The van der Waals surface area contributed by atoms with Crippen molar-refractivity contribution in [1.82, 2.24) is 9.97 Å². The summed E-state index contributed by atoms with van der Waals surface area (Å²) < 4.78 is 7.41. The molecule has 0 amide bonds. The van der Waals surface area contributed by atoms with Gasteiger partial charge in [0.25, 0.3) is 0 Å². The molecule has 0 radical (unpaired) electrons. The maximum absolute atomic E-state index is 5.57. The molecule has 0 atom stereocenters. The first-order chi connectivity index (χ1) is 7.65. The van der Waals surface area contributed by atoms with Crippen LogP contribution in [0.5, 0.6) is 11.6 Å². The molecule has 0 saturated heterocycles. The Labute approximate surface area is 110 Å². The van der Waals surface area contributed by atoms with E-state index in [1.54, 1.807) is 18.6 Å². The molecule has 2 rings (SSSR count). The van der Waals surface area contributed by atoms with Gasteiger partial charge in [0.15, 0.2) is 0 Å². The van der Waals surface area contributed by atoms with Crippen molar-refractivity contribution in [2.45, 2.75) is 6.92 Å². The Morgan fingerprint density at radius 3 is 2.62 bits per heavy atom. The second kappa shape index (κ2) is 4.93.